The number of rotatable bonds is 2. The smallest absolute Gasteiger partial charge is 0.226 e. The zero-order chi connectivity index (χ0) is 13.2. The van der Waals surface area contributed by atoms with Crippen LogP contribution in [0.4, 0.5) is 0 Å². The van der Waals surface area contributed by atoms with Gasteiger partial charge in [-0.15, -0.1) is 0 Å². The molecule has 0 saturated carbocycles. The van der Waals surface area contributed by atoms with Crippen LogP contribution in [0.25, 0.3) is 11.1 Å². The van der Waals surface area contributed by atoms with Crippen LogP contribution in [0.3, 0.4) is 0 Å². The monoisotopic (exact) mass is 258 g/mol. The van der Waals surface area contributed by atoms with E-state index in [-0.39, 0.29) is 5.91 Å². The fourth-order valence-corrected chi connectivity index (χ4v) is 2.63. The van der Waals surface area contributed by atoms with Crippen LogP contribution < -0.4 is 0 Å². The van der Waals surface area contributed by atoms with Gasteiger partial charge in [-0.3, -0.25) is 4.79 Å². The Hall–Kier alpha value is -1.84. The molecule has 0 aliphatic carbocycles. The molecule has 0 radical (unpaired) electrons. The van der Waals surface area contributed by atoms with Gasteiger partial charge in [-0.2, -0.15) is 0 Å². The van der Waals surface area contributed by atoms with E-state index < -0.39 is 0 Å². The van der Waals surface area contributed by atoms with Gasteiger partial charge in [0.05, 0.1) is 6.42 Å². The van der Waals surface area contributed by atoms with Crippen LogP contribution in [0.1, 0.15) is 30.7 Å². The van der Waals surface area contributed by atoms with Crippen molar-refractivity contribution in [2.24, 2.45) is 0 Å². The van der Waals surface area contributed by atoms with E-state index in [0.29, 0.717) is 12.3 Å². The molecule has 1 saturated heterocycles. The maximum absolute atomic E-state index is 12.2. The summed E-state index contributed by atoms with van der Waals surface area (Å²) >= 11 is 0. The molecule has 1 aliphatic rings. The molecular formula is C15H18N2O2. The second kappa shape index (κ2) is 5.03. The zero-order valence-corrected chi connectivity index (χ0v) is 11.2. The molecule has 0 bridgehead atoms. The van der Waals surface area contributed by atoms with E-state index in [0.717, 1.165) is 42.6 Å². The molecule has 1 aromatic carbocycles. The van der Waals surface area contributed by atoms with Crippen molar-refractivity contribution < 1.29 is 9.21 Å². The number of fused-ring (bicyclic) bond motifs is 1. The van der Waals surface area contributed by atoms with Crippen LogP contribution in [0.2, 0.25) is 0 Å². The number of carbonyl (C=O) groups excluding carboxylic acids is 1. The molecule has 1 aliphatic heterocycles. The number of hydrogen-bond donors (Lipinski definition) is 0. The third-order valence-corrected chi connectivity index (χ3v) is 3.62. The molecule has 1 fully saturated rings. The van der Waals surface area contributed by atoms with Crippen LogP contribution >= 0.6 is 0 Å². The van der Waals surface area contributed by atoms with Crippen LogP contribution in [0, 0.1) is 6.92 Å². The minimum atomic E-state index is 0.222. The van der Waals surface area contributed by atoms with Gasteiger partial charge in [0, 0.05) is 20.0 Å². The second-order valence-corrected chi connectivity index (χ2v) is 5.15. The molecule has 100 valence electrons. The predicted octanol–water partition coefficient (Wildman–Crippen LogP) is 2.69. The number of oxazole rings is 1. The number of carbonyl (C=O) groups is 1. The number of piperidine rings is 1. The molecule has 1 aromatic heterocycles. The van der Waals surface area contributed by atoms with Crippen molar-refractivity contribution >= 4 is 17.0 Å². The summed E-state index contributed by atoms with van der Waals surface area (Å²) in [5.41, 5.74) is 2.63. The molecule has 4 nitrogen and oxygen atoms in total. The van der Waals surface area contributed by atoms with Gasteiger partial charge < -0.3 is 9.32 Å². The largest absolute Gasteiger partial charge is 0.441 e. The number of aromatic nitrogens is 1. The Morgan fingerprint density at radius 3 is 2.89 bits per heavy atom. The Bertz CT molecular complexity index is 597. The van der Waals surface area contributed by atoms with E-state index in [4.69, 9.17) is 4.42 Å². The molecule has 0 unspecified atom stereocenters. The lowest BCUT2D eigenvalue weighted by atomic mass is 10.1. The number of nitrogens with zero attached hydrogens (tertiary/aromatic N) is 2. The highest BCUT2D eigenvalue weighted by Crippen LogP contribution is 2.18. The first kappa shape index (κ1) is 12.2. The van der Waals surface area contributed by atoms with Crippen molar-refractivity contribution in [3.8, 4) is 0 Å². The van der Waals surface area contributed by atoms with Crippen molar-refractivity contribution in [2.75, 3.05) is 13.1 Å². The molecular weight excluding hydrogens is 240 g/mol. The maximum atomic E-state index is 12.2. The molecule has 4 heteroatoms. The summed E-state index contributed by atoms with van der Waals surface area (Å²) in [6.07, 6.45) is 3.97. The third-order valence-electron chi connectivity index (χ3n) is 3.62. The van der Waals surface area contributed by atoms with E-state index in [2.05, 4.69) is 4.98 Å². The first-order valence-corrected chi connectivity index (χ1v) is 6.86. The summed E-state index contributed by atoms with van der Waals surface area (Å²) < 4.78 is 5.44. The van der Waals surface area contributed by atoms with Gasteiger partial charge in [-0.05, 0) is 37.0 Å². The maximum Gasteiger partial charge on any atom is 0.226 e. The average Bonchev–Trinajstić information content (AvgIpc) is 2.79. The van der Waals surface area contributed by atoms with E-state index in [1.54, 1.807) is 0 Å². The summed E-state index contributed by atoms with van der Waals surface area (Å²) in [6.45, 7) is 3.65. The van der Waals surface area contributed by atoms with Crippen molar-refractivity contribution in [3.63, 3.8) is 0 Å². The van der Waals surface area contributed by atoms with Crippen molar-refractivity contribution in [3.05, 3.63) is 29.7 Å². The Balaban J connectivity index is 1.74. The fourth-order valence-electron chi connectivity index (χ4n) is 2.63. The summed E-state index contributed by atoms with van der Waals surface area (Å²) in [7, 11) is 0. The van der Waals surface area contributed by atoms with Crippen LogP contribution in [0.5, 0.6) is 0 Å². The Kier molecular flexibility index (Phi) is 3.23. The van der Waals surface area contributed by atoms with E-state index in [9.17, 15) is 4.79 Å². The number of likely N-dealkylation sites (tertiary alicyclic amines) is 1. The summed E-state index contributed by atoms with van der Waals surface area (Å²) in [6, 6.07) is 5.80. The minimum absolute atomic E-state index is 0.222. The summed E-state index contributed by atoms with van der Waals surface area (Å²) in [5.74, 6) is 0.883. The number of amides is 1. The lowest BCUT2D eigenvalue weighted by Gasteiger charge is -2.26. The van der Waals surface area contributed by atoms with Crippen molar-refractivity contribution in [2.45, 2.75) is 32.6 Å². The molecule has 3 rings (SSSR count). The van der Waals surface area contributed by atoms with Gasteiger partial charge in [0.25, 0.3) is 0 Å². The first-order valence-electron chi connectivity index (χ1n) is 6.86. The lowest BCUT2D eigenvalue weighted by molar-refractivity contribution is -0.131. The number of benzene rings is 1. The summed E-state index contributed by atoms with van der Waals surface area (Å²) in [4.78, 5) is 18.5. The van der Waals surface area contributed by atoms with Gasteiger partial charge in [-0.25, -0.2) is 4.98 Å². The molecule has 1 amide bonds. The third kappa shape index (κ3) is 2.62. The highest BCUT2D eigenvalue weighted by Gasteiger charge is 2.17. The molecule has 2 heterocycles. The highest BCUT2D eigenvalue weighted by atomic mass is 16.3. The van der Waals surface area contributed by atoms with E-state index in [1.165, 1.54) is 6.42 Å². The second-order valence-electron chi connectivity index (χ2n) is 5.15. The Morgan fingerprint density at radius 1 is 1.32 bits per heavy atom. The normalized spacial score (nSPS) is 15.9. The van der Waals surface area contributed by atoms with Gasteiger partial charge in [-0.1, -0.05) is 6.07 Å². The van der Waals surface area contributed by atoms with Gasteiger partial charge in [0.2, 0.25) is 5.91 Å². The van der Waals surface area contributed by atoms with E-state index in [1.807, 2.05) is 30.0 Å². The highest BCUT2D eigenvalue weighted by molar-refractivity contribution is 5.81. The predicted molar refractivity (Wildman–Crippen MR) is 72.9 cm³/mol. The Morgan fingerprint density at radius 2 is 2.11 bits per heavy atom. The zero-order valence-electron chi connectivity index (χ0n) is 11.2. The van der Waals surface area contributed by atoms with Gasteiger partial charge >= 0.3 is 0 Å². The number of hydrogen-bond acceptors (Lipinski definition) is 3. The molecule has 2 aromatic rings. The van der Waals surface area contributed by atoms with Gasteiger partial charge in [0.1, 0.15) is 5.52 Å². The minimum Gasteiger partial charge on any atom is -0.441 e. The first-order chi connectivity index (χ1) is 9.22. The molecule has 0 atom stereocenters. The fraction of sp³-hybridized carbons (Fsp3) is 0.467. The quantitative estimate of drug-likeness (QED) is 0.832. The number of aryl methyl sites for hydroxylation is 1. The average molecular weight is 258 g/mol. The van der Waals surface area contributed by atoms with Crippen LogP contribution in [-0.4, -0.2) is 28.9 Å². The SMILES string of the molecule is Cc1nc2cc(CC(=O)N3CCCCC3)ccc2o1. The Labute approximate surface area is 112 Å². The summed E-state index contributed by atoms with van der Waals surface area (Å²) in [5, 5.41) is 0. The molecule has 19 heavy (non-hydrogen) atoms. The molecule has 0 spiro atoms. The van der Waals surface area contributed by atoms with Crippen LogP contribution in [-0.2, 0) is 11.2 Å². The van der Waals surface area contributed by atoms with Crippen molar-refractivity contribution in [1.29, 1.82) is 0 Å². The van der Waals surface area contributed by atoms with Crippen LogP contribution in [0.15, 0.2) is 22.6 Å². The van der Waals surface area contributed by atoms with E-state index >= 15 is 0 Å². The standard InChI is InChI=1S/C15H18N2O2/c1-11-16-13-9-12(5-6-14(13)19-11)10-15(18)17-7-3-2-4-8-17/h5-6,9H,2-4,7-8,10H2,1H3. The molecule has 0 N–H and O–H groups in total. The topological polar surface area (TPSA) is 46.3 Å². The van der Waals surface area contributed by atoms with Crippen molar-refractivity contribution in [1.82, 2.24) is 9.88 Å². The lowest BCUT2D eigenvalue weighted by Crippen LogP contribution is -2.36. The van der Waals surface area contributed by atoms with Gasteiger partial charge in [0.15, 0.2) is 11.5 Å².